The van der Waals surface area contributed by atoms with Gasteiger partial charge in [0.15, 0.2) is 5.13 Å². The standard InChI is InChI=1S/C21H25N3O4S2/c1-14-12-16(13-19(15(14)2)30(26,27)23(3)4)20(25)24(10-11-28-5)21-22-17-8-6-7-9-18(17)29-21/h6-9,12-13H,10-11H2,1-5H3. The molecule has 3 aromatic rings. The number of nitrogens with zero attached hydrogens (tertiary/aromatic N) is 3. The highest BCUT2D eigenvalue weighted by molar-refractivity contribution is 7.89. The summed E-state index contributed by atoms with van der Waals surface area (Å²) in [6, 6.07) is 10.8. The lowest BCUT2D eigenvalue weighted by Gasteiger charge is -2.21. The first-order chi connectivity index (χ1) is 14.2. The Bertz CT molecular complexity index is 1150. The second-order valence-corrected chi connectivity index (χ2v) is 10.2. The number of benzene rings is 2. The third-order valence-electron chi connectivity index (χ3n) is 4.90. The molecule has 0 saturated carbocycles. The maximum Gasteiger partial charge on any atom is 0.260 e. The quantitative estimate of drug-likeness (QED) is 0.554. The molecule has 0 atom stereocenters. The molecule has 3 rings (SSSR count). The van der Waals surface area contributed by atoms with Crippen molar-refractivity contribution in [1.82, 2.24) is 9.29 Å². The second kappa shape index (κ2) is 8.81. The average molecular weight is 448 g/mol. The lowest BCUT2D eigenvalue weighted by atomic mass is 10.1. The number of hydrogen-bond donors (Lipinski definition) is 0. The van der Waals surface area contributed by atoms with Gasteiger partial charge in [-0.3, -0.25) is 9.69 Å². The number of ether oxygens (including phenoxy) is 1. The van der Waals surface area contributed by atoms with Crippen LogP contribution in [0.5, 0.6) is 0 Å². The summed E-state index contributed by atoms with van der Waals surface area (Å²) in [5.41, 5.74) is 2.47. The lowest BCUT2D eigenvalue weighted by Crippen LogP contribution is -2.34. The van der Waals surface area contributed by atoms with Gasteiger partial charge in [0.2, 0.25) is 10.0 Å². The molecule has 2 aromatic carbocycles. The summed E-state index contributed by atoms with van der Waals surface area (Å²) >= 11 is 1.41. The molecule has 0 aliphatic rings. The molecule has 0 unspecified atom stereocenters. The molecule has 0 aliphatic heterocycles. The molecule has 160 valence electrons. The maximum atomic E-state index is 13.5. The smallest absolute Gasteiger partial charge is 0.260 e. The number of hydrogen-bond acceptors (Lipinski definition) is 6. The fourth-order valence-corrected chi connectivity index (χ4v) is 5.22. The monoisotopic (exact) mass is 447 g/mol. The van der Waals surface area contributed by atoms with E-state index in [0.29, 0.717) is 29.4 Å². The van der Waals surface area contributed by atoms with Crippen LogP contribution in [0.15, 0.2) is 41.3 Å². The number of aryl methyl sites for hydroxylation is 1. The molecule has 7 nitrogen and oxygen atoms in total. The third kappa shape index (κ3) is 4.24. The zero-order valence-corrected chi connectivity index (χ0v) is 19.3. The van der Waals surface area contributed by atoms with Crippen molar-refractivity contribution in [2.45, 2.75) is 18.7 Å². The molecular formula is C21H25N3O4S2. The predicted octanol–water partition coefficient (Wildman–Crippen LogP) is 3.46. The normalized spacial score (nSPS) is 11.9. The van der Waals surface area contributed by atoms with Crippen LogP contribution < -0.4 is 4.90 Å². The Balaban J connectivity index is 2.10. The van der Waals surface area contributed by atoms with E-state index >= 15 is 0 Å². The van der Waals surface area contributed by atoms with E-state index in [0.717, 1.165) is 20.1 Å². The fraction of sp³-hybridized carbons (Fsp3) is 0.333. The van der Waals surface area contributed by atoms with Crippen LogP contribution in [0, 0.1) is 13.8 Å². The highest BCUT2D eigenvalue weighted by Crippen LogP contribution is 2.30. The molecule has 1 aromatic heterocycles. The maximum absolute atomic E-state index is 13.5. The first kappa shape index (κ1) is 22.4. The third-order valence-corrected chi connectivity index (χ3v) is 7.90. The number of methoxy groups -OCH3 is 1. The summed E-state index contributed by atoms with van der Waals surface area (Å²) in [6.07, 6.45) is 0. The van der Waals surface area contributed by atoms with E-state index in [1.54, 1.807) is 31.9 Å². The molecule has 30 heavy (non-hydrogen) atoms. The van der Waals surface area contributed by atoms with Gasteiger partial charge in [-0.25, -0.2) is 17.7 Å². The van der Waals surface area contributed by atoms with Crippen LogP contribution in [-0.2, 0) is 14.8 Å². The Morgan fingerprint density at radius 2 is 1.87 bits per heavy atom. The molecule has 0 radical (unpaired) electrons. The van der Waals surface area contributed by atoms with Crippen molar-refractivity contribution in [1.29, 1.82) is 0 Å². The number of sulfonamides is 1. The summed E-state index contributed by atoms with van der Waals surface area (Å²) in [5, 5.41) is 0.550. The van der Waals surface area contributed by atoms with Crippen molar-refractivity contribution in [3.05, 3.63) is 53.1 Å². The van der Waals surface area contributed by atoms with Gasteiger partial charge in [0.05, 0.1) is 28.3 Å². The molecular weight excluding hydrogens is 422 g/mol. The van der Waals surface area contributed by atoms with E-state index in [1.807, 2.05) is 24.3 Å². The molecule has 0 saturated heterocycles. The van der Waals surface area contributed by atoms with Crippen LogP contribution in [-0.4, -0.2) is 58.0 Å². The van der Waals surface area contributed by atoms with Crippen LogP contribution in [0.25, 0.3) is 10.2 Å². The first-order valence-corrected chi connectivity index (χ1v) is 11.6. The first-order valence-electron chi connectivity index (χ1n) is 9.37. The van der Waals surface area contributed by atoms with Crippen LogP contribution in [0.3, 0.4) is 0 Å². The molecule has 0 bridgehead atoms. The van der Waals surface area contributed by atoms with Crippen molar-refractivity contribution < 1.29 is 17.9 Å². The van der Waals surface area contributed by atoms with E-state index in [4.69, 9.17) is 4.74 Å². The molecule has 0 fully saturated rings. The van der Waals surface area contributed by atoms with E-state index in [9.17, 15) is 13.2 Å². The van der Waals surface area contributed by atoms with Gasteiger partial charge in [0, 0.05) is 26.8 Å². The topological polar surface area (TPSA) is 79.8 Å². The average Bonchev–Trinajstić information content (AvgIpc) is 3.13. The molecule has 9 heteroatoms. The number of aromatic nitrogens is 1. The van der Waals surface area contributed by atoms with E-state index in [2.05, 4.69) is 4.98 Å². The Labute approximate surface area is 181 Å². The molecule has 1 amide bonds. The van der Waals surface area contributed by atoms with E-state index in [1.165, 1.54) is 31.5 Å². The summed E-state index contributed by atoms with van der Waals surface area (Å²) in [5.74, 6) is -0.315. The van der Waals surface area contributed by atoms with Gasteiger partial charge in [-0.1, -0.05) is 23.5 Å². The summed E-state index contributed by atoms with van der Waals surface area (Å²) < 4.78 is 32.9. The molecule has 1 heterocycles. The highest BCUT2D eigenvalue weighted by atomic mass is 32.2. The van der Waals surface area contributed by atoms with Crippen molar-refractivity contribution >= 4 is 42.6 Å². The number of anilines is 1. The Morgan fingerprint density at radius 1 is 1.17 bits per heavy atom. The van der Waals surface area contributed by atoms with Crippen LogP contribution in [0.4, 0.5) is 5.13 Å². The van der Waals surface area contributed by atoms with Gasteiger partial charge >= 0.3 is 0 Å². The van der Waals surface area contributed by atoms with Gasteiger partial charge in [-0.05, 0) is 49.2 Å². The Kier molecular flexibility index (Phi) is 6.56. The van der Waals surface area contributed by atoms with Gasteiger partial charge < -0.3 is 4.74 Å². The van der Waals surface area contributed by atoms with E-state index < -0.39 is 10.0 Å². The minimum absolute atomic E-state index is 0.131. The number of para-hydroxylation sites is 1. The summed E-state index contributed by atoms with van der Waals surface area (Å²) in [6.45, 7) is 4.18. The summed E-state index contributed by atoms with van der Waals surface area (Å²) in [4.78, 5) is 19.7. The van der Waals surface area contributed by atoms with Gasteiger partial charge in [0.25, 0.3) is 5.91 Å². The summed E-state index contributed by atoms with van der Waals surface area (Å²) in [7, 11) is 0.833. The van der Waals surface area contributed by atoms with Crippen LogP contribution in [0.2, 0.25) is 0 Å². The highest BCUT2D eigenvalue weighted by Gasteiger charge is 2.26. The van der Waals surface area contributed by atoms with Crippen molar-refractivity contribution in [3.63, 3.8) is 0 Å². The number of carbonyl (C=O) groups excluding carboxylic acids is 1. The second-order valence-electron chi connectivity index (χ2n) is 7.12. The SMILES string of the molecule is COCCN(C(=O)c1cc(C)c(C)c(S(=O)(=O)N(C)C)c1)c1nc2ccccc2s1. The molecule has 0 N–H and O–H groups in total. The number of amides is 1. The number of thiazole rings is 1. The number of rotatable bonds is 7. The Morgan fingerprint density at radius 3 is 2.50 bits per heavy atom. The van der Waals surface area contributed by atoms with Gasteiger partial charge in [-0.15, -0.1) is 0 Å². The zero-order chi connectivity index (χ0) is 22.1. The van der Waals surface area contributed by atoms with Crippen LogP contribution in [0.1, 0.15) is 21.5 Å². The minimum atomic E-state index is -3.69. The lowest BCUT2D eigenvalue weighted by molar-refractivity contribution is 0.0975. The van der Waals surface area contributed by atoms with Gasteiger partial charge in [-0.2, -0.15) is 0 Å². The largest absolute Gasteiger partial charge is 0.383 e. The number of fused-ring (bicyclic) bond motifs is 1. The molecule has 0 spiro atoms. The minimum Gasteiger partial charge on any atom is -0.383 e. The fourth-order valence-electron chi connectivity index (χ4n) is 3.01. The number of carbonyl (C=O) groups is 1. The predicted molar refractivity (Wildman–Crippen MR) is 120 cm³/mol. The van der Waals surface area contributed by atoms with Crippen molar-refractivity contribution in [3.8, 4) is 0 Å². The Hall–Kier alpha value is -2.33. The van der Waals surface area contributed by atoms with E-state index in [-0.39, 0.29) is 10.8 Å². The van der Waals surface area contributed by atoms with Gasteiger partial charge in [0.1, 0.15) is 0 Å². The van der Waals surface area contributed by atoms with Crippen LogP contribution >= 0.6 is 11.3 Å². The van der Waals surface area contributed by atoms with Crippen molar-refractivity contribution in [2.24, 2.45) is 0 Å². The zero-order valence-electron chi connectivity index (χ0n) is 17.7. The molecule has 0 aliphatic carbocycles. The van der Waals surface area contributed by atoms with Crippen molar-refractivity contribution in [2.75, 3.05) is 39.3 Å².